The fraction of sp³-hybridized carbons (Fsp3) is 0.136. The molecular weight excluding hydrogens is 472 g/mol. The number of nitriles is 1. The van der Waals surface area contributed by atoms with E-state index in [1.165, 1.54) is 12.1 Å². The summed E-state index contributed by atoms with van der Waals surface area (Å²) in [5.74, 6) is 0.509. The van der Waals surface area contributed by atoms with Crippen LogP contribution in [0.2, 0.25) is 5.02 Å². The first kappa shape index (κ1) is 22.8. The first-order valence-corrected chi connectivity index (χ1v) is 11.5. The molecule has 4 rings (SSSR count). The van der Waals surface area contributed by atoms with Gasteiger partial charge in [-0.05, 0) is 42.5 Å². The van der Waals surface area contributed by atoms with Crippen LogP contribution in [0.15, 0.2) is 65.8 Å². The van der Waals surface area contributed by atoms with Crippen LogP contribution in [-0.4, -0.2) is 42.3 Å². The zero-order valence-corrected chi connectivity index (χ0v) is 18.5. The Balaban J connectivity index is 1.89. The molecule has 0 aliphatic carbocycles. The summed E-state index contributed by atoms with van der Waals surface area (Å²) in [6.45, 7) is -2.36. The highest BCUT2D eigenvalue weighted by Gasteiger charge is 2.24. The smallest absolute Gasteiger partial charge is 0.242 e. The van der Waals surface area contributed by atoms with Gasteiger partial charge in [0.05, 0.1) is 28.5 Å². The minimum absolute atomic E-state index is 0.264. The predicted molar refractivity (Wildman–Crippen MR) is 120 cm³/mol. The maximum Gasteiger partial charge on any atom is 0.242 e. The lowest BCUT2D eigenvalue weighted by atomic mass is 10.1. The average molecular weight is 488 g/mol. The Morgan fingerprint density at radius 1 is 1.12 bits per heavy atom. The molecule has 168 valence electrons. The Kier molecular flexibility index (Phi) is 6.37. The van der Waals surface area contributed by atoms with Crippen molar-refractivity contribution in [1.29, 1.82) is 5.26 Å². The summed E-state index contributed by atoms with van der Waals surface area (Å²) < 4.78 is 54.1. The molecule has 0 amide bonds. The zero-order valence-electron chi connectivity index (χ0n) is 16.9. The molecular formula is C22H16ClF2N5O2S. The lowest BCUT2D eigenvalue weighted by Gasteiger charge is -2.13. The maximum atomic E-state index is 12.8. The van der Waals surface area contributed by atoms with Gasteiger partial charge < -0.3 is 0 Å². The van der Waals surface area contributed by atoms with E-state index >= 15 is 0 Å². The summed E-state index contributed by atoms with van der Waals surface area (Å²) in [6, 6.07) is 13.8. The maximum absolute atomic E-state index is 12.8. The normalized spacial score (nSPS) is 11.7. The molecule has 0 unspecified atom stereocenters. The van der Waals surface area contributed by atoms with Crippen LogP contribution in [0.1, 0.15) is 5.56 Å². The highest BCUT2D eigenvalue weighted by molar-refractivity contribution is 7.89. The third kappa shape index (κ3) is 4.30. The van der Waals surface area contributed by atoms with Gasteiger partial charge in [-0.1, -0.05) is 17.7 Å². The fourth-order valence-corrected chi connectivity index (χ4v) is 4.72. The van der Waals surface area contributed by atoms with Gasteiger partial charge in [-0.3, -0.25) is 9.55 Å². The second-order valence-electron chi connectivity index (χ2n) is 7.03. The monoisotopic (exact) mass is 487 g/mol. The second kappa shape index (κ2) is 9.23. The van der Waals surface area contributed by atoms with Crippen LogP contribution < -0.4 is 4.72 Å². The van der Waals surface area contributed by atoms with Gasteiger partial charge in [0.1, 0.15) is 30.1 Å². The second-order valence-corrected chi connectivity index (χ2v) is 9.18. The number of nitrogens with zero attached hydrogens (tertiary/aromatic N) is 4. The first-order chi connectivity index (χ1) is 15.9. The summed E-state index contributed by atoms with van der Waals surface area (Å²) in [7, 11) is -4.18. The number of hydrogen-bond donors (Lipinski definition) is 1. The number of nitrogens with one attached hydrogen (secondary N) is 1. The Morgan fingerprint density at radius 3 is 2.52 bits per heavy atom. The predicted octanol–water partition coefficient (Wildman–Crippen LogP) is 4.20. The summed E-state index contributed by atoms with van der Waals surface area (Å²) in [6.07, 6.45) is 2.67. The quantitative estimate of drug-likeness (QED) is 0.421. The van der Waals surface area contributed by atoms with Gasteiger partial charge >= 0.3 is 0 Å². The summed E-state index contributed by atoms with van der Waals surface area (Å²) >= 11 is 6.21. The van der Waals surface area contributed by atoms with Gasteiger partial charge in [0.2, 0.25) is 10.0 Å². The number of sulfonamides is 1. The van der Waals surface area contributed by atoms with E-state index < -0.39 is 29.4 Å². The Morgan fingerprint density at radius 2 is 1.91 bits per heavy atom. The van der Waals surface area contributed by atoms with Crippen molar-refractivity contribution in [2.75, 3.05) is 13.3 Å². The average Bonchev–Trinajstić information content (AvgIpc) is 3.16. The molecule has 0 bridgehead atoms. The number of pyridine rings is 2. The largest absolute Gasteiger partial charge is 0.291 e. The van der Waals surface area contributed by atoms with Gasteiger partial charge in [0, 0.05) is 22.8 Å². The minimum Gasteiger partial charge on any atom is -0.291 e. The van der Waals surface area contributed by atoms with Crippen LogP contribution in [0, 0.1) is 11.3 Å². The van der Waals surface area contributed by atoms with Gasteiger partial charge in [0.15, 0.2) is 0 Å². The number of rotatable bonds is 7. The molecule has 0 saturated carbocycles. The number of benzene rings is 1. The third-order valence-electron chi connectivity index (χ3n) is 4.90. The fourth-order valence-electron chi connectivity index (χ4n) is 3.41. The molecule has 0 radical (unpaired) electrons. The van der Waals surface area contributed by atoms with Crippen LogP contribution in [0.4, 0.5) is 8.78 Å². The molecule has 1 N–H and O–H groups in total. The third-order valence-corrected chi connectivity index (χ3v) is 6.65. The minimum atomic E-state index is -4.18. The van der Waals surface area contributed by atoms with E-state index in [0.29, 0.717) is 38.7 Å². The van der Waals surface area contributed by atoms with E-state index in [2.05, 4.69) is 16.0 Å². The molecule has 11 heteroatoms. The molecule has 0 fully saturated rings. The molecule has 4 aromatic rings. The summed E-state index contributed by atoms with van der Waals surface area (Å²) in [5.41, 5.74) is 1.64. The van der Waals surface area contributed by atoms with E-state index in [4.69, 9.17) is 11.6 Å². The van der Waals surface area contributed by atoms with E-state index in [9.17, 15) is 22.5 Å². The van der Waals surface area contributed by atoms with E-state index in [0.717, 1.165) is 6.20 Å². The highest BCUT2D eigenvalue weighted by Crippen LogP contribution is 2.36. The first-order valence-electron chi connectivity index (χ1n) is 9.65. The molecule has 0 aliphatic rings. The topological polar surface area (TPSA) is 101 Å². The number of halogens is 3. The number of aromatic nitrogens is 3. The Bertz CT molecular complexity index is 1450. The Labute approximate surface area is 193 Å². The zero-order chi connectivity index (χ0) is 23.6. The van der Waals surface area contributed by atoms with Crippen LogP contribution >= 0.6 is 11.6 Å². The SMILES string of the molecule is N#Cc1c(-c2ccc(S(=O)(=O)NC(CF)CF)cn2)n(-c2ccccn2)c2cc(Cl)ccc12. The lowest BCUT2D eigenvalue weighted by Crippen LogP contribution is -2.37. The van der Waals surface area contributed by atoms with Crippen LogP contribution in [0.25, 0.3) is 28.1 Å². The van der Waals surface area contributed by atoms with Crippen molar-refractivity contribution in [3.8, 4) is 23.3 Å². The highest BCUT2D eigenvalue weighted by atomic mass is 35.5. The van der Waals surface area contributed by atoms with Crippen molar-refractivity contribution in [3.63, 3.8) is 0 Å². The summed E-state index contributed by atoms with van der Waals surface area (Å²) in [5, 5.41) is 11.0. The molecule has 0 spiro atoms. The lowest BCUT2D eigenvalue weighted by molar-refractivity contribution is 0.334. The van der Waals surface area contributed by atoms with Crippen molar-refractivity contribution < 1.29 is 17.2 Å². The molecule has 1 aromatic carbocycles. The molecule has 0 saturated heterocycles. The number of fused-ring (bicyclic) bond motifs is 1. The Hall–Kier alpha value is -3.39. The molecule has 7 nitrogen and oxygen atoms in total. The standard InChI is InChI=1S/C22H16ClF2N5O2S/c23-14-4-6-17-18(12-26)22(30(20(17)9-14)21-3-1-2-8-27-21)19-7-5-16(13-28-19)33(31,32)29-15(10-24)11-25/h1-9,13,15,29H,10-11H2. The van der Waals surface area contributed by atoms with Crippen LogP contribution in [-0.2, 0) is 10.0 Å². The van der Waals surface area contributed by atoms with Crippen molar-refractivity contribution in [2.24, 2.45) is 0 Å². The molecule has 3 heterocycles. The van der Waals surface area contributed by atoms with Gasteiger partial charge in [-0.25, -0.2) is 26.9 Å². The van der Waals surface area contributed by atoms with Crippen LogP contribution in [0.5, 0.6) is 0 Å². The molecule has 0 atom stereocenters. The van der Waals surface area contributed by atoms with E-state index in [1.807, 2.05) is 4.72 Å². The van der Waals surface area contributed by atoms with Crippen LogP contribution in [0.3, 0.4) is 0 Å². The van der Waals surface area contributed by atoms with Gasteiger partial charge in [-0.2, -0.15) is 5.26 Å². The molecule has 3 aromatic heterocycles. The van der Waals surface area contributed by atoms with E-state index in [-0.39, 0.29) is 4.90 Å². The van der Waals surface area contributed by atoms with Crippen molar-refractivity contribution in [2.45, 2.75) is 10.9 Å². The van der Waals surface area contributed by atoms with Crippen molar-refractivity contribution >= 4 is 32.5 Å². The van der Waals surface area contributed by atoms with Crippen molar-refractivity contribution in [3.05, 3.63) is 71.5 Å². The number of alkyl halides is 2. The van der Waals surface area contributed by atoms with Gasteiger partial charge in [-0.15, -0.1) is 0 Å². The van der Waals surface area contributed by atoms with Crippen molar-refractivity contribution in [1.82, 2.24) is 19.3 Å². The van der Waals surface area contributed by atoms with Gasteiger partial charge in [0.25, 0.3) is 0 Å². The summed E-state index contributed by atoms with van der Waals surface area (Å²) in [4.78, 5) is 8.36. The van der Waals surface area contributed by atoms with E-state index in [1.54, 1.807) is 47.2 Å². The molecule has 33 heavy (non-hydrogen) atoms. The molecule has 0 aliphatic heterocycles. The number of hydrogen-bond acceptors (Lipinski definition) is 5.